The summed E-state index contributed by atoms with van der Waals surface area (Å²) in [5.41, 5.74) is 0.767. The van der Waals surface area contributed by atoms with Crippen LogP contribution < -0.4 is 9.47 Å². The minimum Gasteiger partial charge on any atom is -0.457 e. The summed E-state index contributed by atoms with van der Waals surface area (Å²) in [5, 5.41) is 18.1. The molecule has 3 aromatic rings. The molecule has 0 aliphatic carbocycles. The number of hydrogen-bond acceptors (Lipinski definition) is 7. The number of piperazine rings is 1. The van der Waals surface area contributed by atoms with Gasteiger partial charge in [-0.25, -0.2) is 4.79 Å². The zero-order valence-electron chi connectivity index (χ0n) is 22.0. The van der Waals surface area contributed by atoms with Crippen molar-refractivity contribution in [2.24, 2.45) is 0 Å². The van der Waals surface area contributed by atoms with E-state index in [2.05, 4.69) is 12.1 Å². The van der Waals surface area contributed by atoms with E-state index in [0.717, 1.165) is 0 Å². The molecule has 0 radical (unpaired) electrons. The minimum atomic E-state index is -0.593. The smallest absolute Gasteiger partial charge is 0.410 e. The van der Waals surface area contributed by atoms with Gasteiger partial charge in [-0.3, -0.25) is 4.79 Å². The highest BCUT2D eigenvalue weighted by molar-refractivity contribution is 5.95. The van der Waals surface area contributed by atoms with Crippen LogP contribution in [0.3, 0.4) is 0 Å². The molecule has 9 nitrogen and oxygen atoms in total. The second kappa shape index (κ2) is 11.6. The van der Waals surface area contributed by atoms with Gasteiger partial charge in [0.1, 0.15) is 28.6 Å². The lowest BCUT2D eigenvalue weighted by atomic mass is 10.1. The quantitative estimate of drug-likeness (QED) is 0.420. The molecule has 0 atom stereocenters. The van der Waals surface area contributed by atoms with Gasteiger partial charge in [0.05, 0.1) is 23.3 Å². The summed E-state index contributed by atoms with van der Waals surface area (Å²) < 4.78 is 17.4. The predicted molar refractivity (Wildman–Crippen MR) is 143 cm³/mol. The van der Waals surface area contributed by atoms with E-state index in [0.29, 0.717) is 65.9 Å². The SMILES string of the molecule is CC(C)(C)OC(=O)N1CCN(C(=O)c2cc(Oc3ccc(C#N)cc3)cc(Oc3ccc(C#N)cc3)c2)CC1. The molecule has 3 aromatic carbocycles. The Morgan fingerprint density at radius 1 is 0.692 bits per heavy atom. The normalized spacial score (nSPS) is 13.2. The average molecular weight is 525 g/mol. The fourth-order valence-corrected chi connectivity index (χ4v) is 3.88. The van der Waals surface area contributed by atoms with Gasteiger partial charge in [0.15, 0.2) is 0 Å². The van der Waals surface area contributed by atoms with Gasteiger partial charge in [0.25, 0.3) is 5.91 Å². The van der Waals surface area contributed by atoms with Crippen molar-refractivity contribution >= 4 is 12.0 Å². The maximum Gasteiger partial charge on any atom is 0.410 e. The maximum atomic E-state index is 13.5. The molecule has 1 aliphatic heterocycles. The second-order valence-electron chi connectivity index (χ2n) is 9.93. The van der Waals surface area contributed by atoms with Crippen molar-refractivity contribution in [2.75, 3.05) is 26.2 Å². The molecule has 1 heterocycles. The van der Waals surface area contributed by atoms with Gasteiger partial charge in [-0.2, -0.15) is 10.5 Å². The van der Waals surface area contributed by atoms with Crippen molar-refractivity contribution < 1.29 is 23.8 Å². The van der Waals surface area contributed by atoms with E-state index in [1.807, 2.05) is 20.8 Å². The van der Waals surface area contributed by atoms with E-state index >= 15 is 0 Å². The van der Waals surface area contributed by atoms with Crippen LogP contribution in [0.1, 0.15) is 42.3 Å². The van der Waals surface area contributed by atoms with Crippen LogP contribution in [0.2, 0.25) is 0 Å². The van der Waals surface area contributed by atoms with E-state index in [-0.39, 0.29) is 5.91 Å². The summed E-state index contributed by atoms with van der Waals surface area (Å²) in [5.74, 6) is 1.51. The zero-order chi connectivity index (χ0) is 28.0. The van der Waals surface area contributed by atoms with Crippen LogP contribution in [0.15, 0.2) is 66.7 Å². The van der Waals surface area contributed by atoms with Crippen LogP contribution in [0.25, 0.3) is 0 Å². The van der Waals surface area contributed by atoms with Crippen LogP contribution in [-0.2, 0) is 4.74 Å². The molecule has 1 fully saturated rings. The van der Waals surface area contributed by atoms with Crippen molar-refractivity contribution in [1.29, 1.82) is 10.5 Å². The Kier molecular flexibility index (Phi) is 8.02. The van der Waals surface area contributed by atoms with E-state index in [1.165, 1.54) is 0 Å². The van der Waals surface area contributed by atoms with Crippen molar-refractivity contribution in [3.8, 4) is 35.1 Å². The highest BCUT2D eigenvalue weighted by atomic mass is 16.6. The average Bonchev–Trinajstić information content (AvgIpc) is 2.92. The molecule has 4 rings (SSSR count). The number of ether oxygens (including phenoxy) is 3. The Hall–Kier alpha value is -5.02. The molecule has 1 saturated heterocycles. The van der Waals surface area contributed by atoms with Crippen LogP contribution in [-0.4, -0.2) is 53.6 Å². The molecule has 9 heteroatoms. The topological polar surface area (TPSA) is 116 Å². The first-order chi connectivity index (χ1) is 18.6. The fraction of sp³-hybridized carbons (Fsp3) is 0.267. The Morgan fingerprint density at radius 2 is 1.13 bits per heavy atom. The Morgan fingerprint density at radius 3 is 1.54 bits per heavy atom. The highest BCUT2D eigenvalue weighted by Crippen LogP contribution is 2.31. The fourth-order valence-electron chi connectivity index (χ4n) is 3.88. The van der Waals surface area contributed by atoms with Crippen LogP contribution in [0, 0.1) is 22.7 Å². The van der Waals surface area contributed by atoms with E-state index < -0.39 is 11.7 Å². The van der Waals surface area contributed by atoms with Gasteiger partial charge in [-0.05, 0) is 81.4 Å². The lowest BCUT2D eigenvalue weighted by Crippen LogP contribution is -2.51. The number of nitriles is 2. The number of carbonyl (C=O) groups excluding carboxylic acids is 2. The zero-order valence-corrected chi connectivity index (χ0v) is 22.0. The molecule has 0 aromatic heterocycles. The molecule has 2 amide bonds. The molecule has 0 saturated carbocycles. The van der Waals surface area contributed by atoms with Crippen LogP contribution in [0.5, 0.6) is 23.0 Å². The highest BCUT2D eigenvalue weighted by Gasteiger charge is 2.28. The first-order valence-corrected chi connectivity index (χ1v) is 12.4. The lowest BCUT2D eigenvalue weighted by Gasteiger charge is -2.35. The Bertz CT molecular complexity index is 1340. The summed E-state index contributed by atoms with van der Waals surface area (Å²) in [6.07, 6.45) is -0.398. The van der Waals surface area contributed by atoms with E-state index in [4.69, 9.17) is 24.7 Å². The summed E-state index contributed by atoms with van der Waals surface area (Å²) in [4.78, 5) is 29.2. The molecular formula is C30H28N4O5. The largest absolute Gasteiger partial charge is 0.457 e. The number of hydrogen-bond donors (Lipinski definition) is 0. The lowest BCUT2D eigenvalue weighted by molar-refractivity contribution is 0.0141. The summed E-state index contributed by atoms with van der Waals surface area (Å²) in [6.45, 7) is 6.86. The molecule has 0 N–H and O–H groups in total. The number of benzene rings is 3. The number of nitrogens with zero attached hydrogens (tertiary/aromatic N) is 4. The molecule has 0 spiro atoms. The molecule has 0 unspecified atom stereocenters. The predicted octanol–water partition coefficient (Wildman–Crippen LogP) is 5.71. The number of rotatable bonds is 5. The van der Waals surface area contributed by atoms with Gasteiger partial charge in [-0.1, -0.05) is 0 Å². The molecular weight excluding hydrogens is 496 g/mol. The summed E-state index contributed by atoms with van der Waals surface area (Å²) >= 11 is 0. The van der Waals surface area contributed by atoms with Crippen molar-refractivity contribution in [3.05, 3.63) is 83.4 Å². The Balaban J connectivity index is 1.54. The van der Waals surface area contributed by atoms with Gasteiger partial charge >= 0.3 is 6.09 Å². The summed E-state index contributed by atoms with van der Waals surface area (Å²) in [7, 11) is 0. The van der Waals surface area contributed by atoms with Gasteiger partial charge in [0.2, 0.25) is 0 Å². The molecule has 39 heavy (non-hydrogen) atoms. The Labute approximate surface area is 227 Å². The first kappa shape index (κ1) is 27.0. The second-order valence-corrected chi connectivity index (χ2v) is 9.93. The summed E-state index contributed by atoms with van der Waals surface area (Å²) in [6, 6.07) is 22.3. The standard InChI is InChI=1S/C30H28N4O5/c1-30(2,3)39-29(36)34-14-12-33(13-15-34)28(35)23-16-26(37-24-8-4-21(19-31)5-9-24)18-27(17-23)38-25-10-6-22(20-32)7-11-25/h4-11,16-18H,12-15H2,1-3H3. The molecule has 1 aliphatic rings. The number of carbonyl (C=O) groups is 2. The minimum absolute atomic E-state index is 0.228. The van der Waals surface area contributed by atoms with Crippen LogP contribution in [0.4, 0.5) is 4.79 Å². The third-order valence-electron chi connectivity index (χ3n) is 5.78. The van der Waals surface area contributed by atoms with E-state index in [1.54, 1.807) is 76.5 Å². The van der Waals surface area contributed by atoms with Gasteiger partial charge in [-0.15, -0.1) is 0 Å². The van der Waals surface area contributed by atoms with Gasteiger partial charge < -0.3 is 24.0 Å². The van der Waals surface area contributed by atoms with Crippen molar-refractivity contribution in [3.63, 3.8) is 0 Å². The number of amides is 2. The van der Waals surface area contributed by atoms with Gasteiger partial charge in [0, 0.05) is 37.8 Å². The third kappa shape index (κ3) is 7.27. The third-order valence-corrected chi connectivity index (χ3v) is 5.78. The molecule has 198 valence electrons. The first-order valence-electron chi connectivity index (χ1n) is 12.4. The monoisotopic (exact) mass is 524 g/mol. The maximum absolute atomic E-state index is 13.5. The molecule has 0 bridgehead atoms. The van der Waals surface area contributed by atoms with Crippen molar-refractivity contribution in [2.45, 2.75) is 26.4 Å². The van der Waals surface area contributed by atoms with Crippen molar-refractivity contribution in [1.82, 2.24) is 9.80 Å². The van der Waals surface area contributed by atoms with Crippen LogP contribution >= 0.6 is 0 Å². The van der Waals surface area contributed by atoms with E-state index in [9.17, 15) is 9.59 Å².